The maximum atomic E-state index is 8.70. The standard InChI is InChI=1S/C12H16N2OS/c13-6-10-5-12(16-9-10)8-14-7-11-3-1-2-4-15-11/h5,9,11,14H,1-4,7-8H2. The van der Waals surface area contributed by atoms with Crippen LogP contribution in [0.4, 0.5) is 0 Å². The zero-order chi connectivity index (χ0) is 11.2. The molecule has 1 aliphatic rings. The SMILES string of the molecule is N#Cc1csc(CNCC2CCCCO2)c1. The van der Waals surface area contributed by atoms with E-state index in [0.29, 0.717) is 6.10 Å². The van der Waals surface area contributed by atoms with Crippen LogP contribution in [0, 0.1) is 11.3 Å². The average molecular weight is 236 g/mol. The van der Waals surface area contributed by atoms with Gasteiger partial charge >= 0.3 is 0 Å². The lowest BCUT2D eigenvalue weighted by Gasteiger charge is -2.22. The largest absolute Gasteiger partial charge is 0.377 e. The van der Waals surface area contributed by atoms with E-state index in [1.54, 1.807) is 11.3 Å². The number of nitriles is 1. The molecule has 1 unspecified atom stereocenters. The molecular weight excluding hydrogens is 220 g/mol. The number of hydrogen-bond acceptors (Lipinski definition) is 4. The van der Waals surface area contributed by atoms with Crippen LogP contribution in [-0.2, 0) is 11.3 Å². The van der Waals surface area contributed by atoms with Crippen molar-refractivity contribution in [3.63, 3.8) is 0 Å². The van der Waals surface area contributed by atoms with Crippen LogP contribution in [0.15, 0.2) is 11.4 Å². The second kappa shape index (κ2) is 6.00. The first kappa shape index (κ1) is 11.6. The molecule has 3 nitrogen and oxygen atoms in total. The summed E-state index contributed by atoms with van der Waals surface area (Å²) in [4.78, 5) is 1.22. The van der Waals surface area contributed by atoms with Crippen molar-refractivity contribution in [1.29, 1.82) is 5.26 Å². The molecule has 1 aromatic rings. The zero-order valence-corrected chi connectivity index (χ0v) is 10.1. The third-order valence-corrected chi connectivity index (χ3v) is 3.66. The first-order chi connectivity index (χ1) is 7.88. The van der Waals surface area contributed by atoms with Gasteiger partial charge in [0.15, 0.2) is 0 Å². The van der Waals surface area contributed by atoms with Crippen LogP contribution in [-0.4, -0.2) is 19.3 Å². The summed E-state index contributed by atoms with van der Waals surface area (Å²) < 4.78 is 5.63. The van der Waals surface area contributed by atoms with Gasteiger partial charge in [0.1, 0.15) is 6.07 Å². The molecule has 4 heteroatoms. The predicted molar refractivity (Wildman–Crippen MR) is 64.3 cm³/mol. The molecule has 1 aliphatic heterocycles. The number of nitrogens with one attached hydrogen (secondary N) is 1. The van der Waals surface area contributed by atoms with Crippen molar-refractivity contribution in [2.24, 2.45) is 0 Å². The monoisotopic (exact) mass is 236 g/mol. The summed E-state index contributed by atoms with van der Waals surface area (Å²) in [5, 5.41) is 14.0. The van der Waals surface area contributed by atoms with Crippen LogP contribution in [0.1, 0.15) is 29.7 Å². The van der Waals surface area contributed by atoms with Crippen LogP contribution < -0.4 is 5.32 Å². The minimum Gasteiger partial charge on any atom is -0.377 e. The highest BCUT2D eigenvalue weighted by atomic mass is 32.1. The van der Waals surface area contributed by atoms with Crippen molar-refractivity contribution in [3.05, 3.63) is 21.9 Å². The van der Waals surface area contributed by atoms with Crippen molar-refractivity contribution < 1.29 is 4.74 Å². The first-order valence-corrected chi connectivity index (χ1v) is 6.56. The molecule has 0 aromatic carbocycles. The molecule has 2 rings (SSSR count). The number of thiophene rings is 1. The van der Waals surface area contributed by atoms with Gasteiger partial charge in [-0.25, -0.2) is 0 Å². The zero-order valence-electron chi connectivity index (χ0n) is 9.24. The second-order valence-electron chi connectivity index (χ2n) is 4.03. The normalized spacial score (nSPS) is 20.6. The molecular formula is C12H16N2OS. The molecule has 0 aliphatic carbocycles. The Morgan fingerprint density at radius 2 is 2.50 bits per heavy atom. The molecule has 0 bridgehead atoms. The fourth-order valence-electron chi connectivity index (χ4n) is 1.86. The summed E-state index contributed by atoms with van der Waals surface area (Å²) in [6.07, 6.45) is 4.03. The number of nitrogens with zero attached hydrogens (tertiary/aromatic N) is 1. The number of rotatable bonds is 4. The minimum atomic E-state index is 0.379. The van der Waals surface area contributed by atoms with Crippen molar-refractivity contribution in [1.82, 2.24) is 5.32 Å². The van der Waals surface area contributed by atoms with Crippen molar-refractivity contribution in [2.75, 3.05) is 13.2 Å². The maximum absolute atomic E-state index is 8.70. The summed E-state index contributed by atoms with van der Waals surface area (Å²) in [6.45, 7) is 2.66. The Morgan fingerprint density at radius 3 is 3.19 bits per heavy atom. The van der Waals surface area contributed by atoms with Crippen molar-refractivity contribution >= 4 is 11.3 Å². The van der Waals surface area contributed by atoms with E-state index >= 15 is 0 Å². The van der Waals surface area contributed by atoms with Crippen LogP contribution in [0.2, 0.25) is 0 Å². The quantitative estimate of drug-likeness (QED) is 0.872. The van der Waals surface area contributed by atoms with Crippen molar-refractivity contribution in [2.45, 2.75) is 31.9 Å². The number of hydrogen-bond donors (Lipinski definition) is 1. The maximum Gasteiger partial charge on any atom is 0.100 e. The molecule has 1 fully saturated rings. The Hall–Kier alpha value is -0.890. The van der Waals surface area contributed by atoms with E-state index in [0.717, 1.165) is 25.3 Å². The van der Waals surface area contributed by atoms with Gasteiger partial charge in [-0.05, 0) is 25.3 Å². The van der Waals surface area contributed by atoms with Gasteiger partial charge in [-0.3, -0.25) is 0 Å². The highest BCUT2D eigenvalue weighted by Gasteiger charge is 2.12. The second-order valence-corrected chi connectivity index (χ2v) is 5.03. The van der Waals surface area contributed by atoms with E-state index in [1.165, 1.54) is 24.1 Å². The van der Waals surface area contributed by atoms with Gasteiger partial charge in [-0.2, -0.15) is 5.26 Å². The molecule has 86 valence electrons. The molecule has 1 aromatic heterocycles. The van der Waals surface area contributed by atoms with Crippen molar-refractivity contribution in [3.8, 4) is 6.07 Å². The van der Waals surface area contributed by atoms with E-state index in [9.17, 15) is 0 Å². The van der Waals surface area contributed by atoms with Gasteiger partial charge in [0, 0.05) is 30.0 Å². The lowest BCUT2D eigenvalue weighted by Crippen LogP contribution is -2.31. The molecule has 1 atom stereocenters. The Balaban J connectivity index is 1.69. The van der Waals surface area contributed by atoms with Gasteiger partial charge in [0.05, 0.1) is 11.7 Å². The third-order valence-electron chi connectivity index (χ3n) is 2.73. The molecule has 2 heterocycles. The molecule has 1 N–H and O–H groups in total. The van der Waals surface area contributed by atoms with E-state index < -0.39 is 0 Å². The van der Waals surface area contributed by atoms with Crippen LogP contribution >= 0.6 is 11.3 Å². The van der Waals surface area contributed by atoms with Gasteiger partial charge in [0.25, 0.3) is 0 Å². The summed E-state index contributed by atoms with van der Waals surface area (Å²) in [6, 6.07) is 4.09. The summed E-state index contributed by atoms with van der Waals surface area (Å²) in [5.74, 6) is 0. The van der Waals surface area contributed by atoms with Gasteiger partial charge < -0.3 is 10.1 Å². The Morgan fingerprint density at radius 1 is 1.56 bits per heavy atom. The summed E-state index contributed by atoms with van der Waals surface area (Å²) in [5.41, 5.74) is 0.760. The van der Waals surface area contributed by atoms with Crippen LogP contribution in [0.25, 0.3) is 0 Å². The lowest BCUT2D eigenvalue weighted by molar-refractivity contribution is 0.0168. The highest BCUT2D eigenvalue weighted by Crippen LogP contribution is 2.14. The Bertz CT molecular complexity index is 363. The van der Waals surface area contributed by atoms with Gasteiger partial charge in [-0.1, -0.05) is 0 Å². The van der Waals surface area contributed by atoms with E-state index in [1.807, 2.05) is 11.4 Å². The predicted octanol–water partition coefficient (Wildman–Crippen LogP) is 2.28. The Labute approximate surface area is 100 Å². The highest BCUT2D eigenvalue weighted by molar-refractivity contribution is 7.10. The van der Waals surface area contributed by atoms with E-state index in [-0.39, 0.29) is 0 Å². The molecule has 0 amide bonds. The minimum absolute atomic E-state index is 0.379. The molecule has 0 spiro atoms. The number of ether oxygens (including phenoxy) is 1. The molecule has 16 heavy (non-hydrogen) atoms. The third kappa shape index (κ3) is 3.31. The van der Waals surface area contributed by atoms with Crippen LogP contribution in [0.5, 0.6) is 0 Å². The fourth-order valence-corrected chi connectivity index (χ4v) is 2.64. The van der Waals surface area contributed by atoms with Crippen LogP contribution in [0.3, 0.4) is 0 Å². The van der Waals surface area contributed by atoms with E-state index in [2.05, 4.69) is 11.4 Å². The summed E-state index contributed by atoms with van der Waals surface area (Å²) in [7, 11) is 0. The molecule has 0 radical (unpaired) electrons. The lowest BCUT2D eigenvalue weighted by atomic mass is 10.1. The van der Waals surface area contributed by atoms with Gasteiger partial charge in [0.2, 0.25) is 0 Å². The molecule has 1 saturated heterocycles. The fraction of sp³-hybridized carbons (Fsp3) is 0.583. The average Bonchev–Trinajstić information content (AvgIpc) is 2.78. The molecule has 0 saturated carbocycles. The topological polar surface area (TPSA) is 45.0 Å². The van der Waals surface area contributed by atoms with E-state index in [4.69, 9.17) is 10.00 Å². The Kier molecular flexibility index (Phi) is 4.34. The summed E-state index contributed by atoms with van der Waals surface area (Å²) >= 11 is 1.63. The first-order valence-electron chi connectivity index (χ1n) is 5.68. The smallest absolute Gasteiger partial charge is 0.100 e. The van der Waals surface area contributed by atoms with Gasteiger partial charge in [-0.15, -0.1) is 11.3 Å².